The summed E-state index contributed by atoms with van der Waals surface area (Å²) in [5.41, 5.74) is 4.79. The van der Waals surface area contributed by atoms with E-state index in [1.807, 2.05) is 0 Å². The third-order valence-electron chi connectivity index (χ3n) is 5.28. The maximum atomic E-state index is 13.6. The molecule has 160 valence electrons. The van der Waals surface area contributed by atoms with Gasteiger partial charge < -0.3 is 15.2 Å². The molecule has 0 spiro atoms. The van der Waals surface area contributed by atoms with Crippen LogP contribution < -0.4 is 15.8 Å². The van der Waals surface area contributed by atoms with Gasteiger partial charge in [-0.25, -0.2) is 18.2 Å². The summed E-state index contributed by atoms with van der Waals surface area (Å²) in [4.78, 5) is 21.3. The minimum atomic E-state index is -3.79. The summed E-state index contributed by atoms with van der Waals surface area (Å²) < 4.78 is 36.8. The first-order valence-corrected chi connectivity index (χ1v) is 11.0. The van der Waals surface area contributed by atoms with Crippen molar-refractivity contribution in [2.45, 2.75) is 69.1 Å². The molecule has 0 aliphatic carbocycles. The van der Waals surface area contributed by atoms with Gasteiger partial charge in [-0.1, -0.05) is 0 Å². The average molecular weight is 425 g/mol. The van der Waals surface area contributed by atoms with E-state index in [1.165, 1.54) is 20.0 Å². The number of rotatable bonds is 0. The predicted molar refractivity (Wildman–Crippen MR) is 110 cm³/mol. The van der Waals surface area contributed by atoms with Crippen LogP contribution >= 0.6 is 0 Å². The number of nitrogens with one attached hydrogen (secondary N) is 1. The van der Waals surface area contributed by atoms with Crippen LogP contribution in [0.4, 0.5) is 10.5 Å². The van der Waals surface area contributed by atoms with Crippen molar-refractivity contribution >= 4 is 27.5 Å². The average Bonchev–Trinajstić information content (AvgIpc) is 2.69. The summed E-state index contributed by atoms with van der Waals surface area (Å²) in [6, 6.07) is 1.63. The zero-order valence-electron chi connectivity index (χ0n) is 17.6. The maximum Gasteiger partial charge on any atom is 0.413 e. The molecular formula is C19H28N4O5S. The standard InChI is InChI=1S/C19H28N4O5S/c1-17(2,3)28-16(24)22-15-18(4,5)29(25,26)13-7-8-27-14-12(19(13,6)23-15)9-11(20)10-21-14/h9-10,13H,7-8,20H2,1-6H3,(H,22,23,24)/t13-,19-/m1/s1. The van der Waals surface area contributed by atoms with Gasteiger partial charge in [-0.3, -0.25) is 10.3 Å². The van der Waals surface area contributed by atoms with Gasteiger partial charge in [-0.15, -0.1) is 0 Å². The fourth-order valence-electron chi connectivity index (χ4n) is 3.69. The van der Waals surface area contributed by atoms with E-state index in [0.717, 1.165) is 0 Å². The molecule has 2 aliphatic rings. The fraction of sp³-hybridized carbons (Fsp3) is 0.632. The third kappa shape index (κ3) is 3.54. The Labute approximate surface area is 171 Å². The van der Waals surface area contributed by atoms with Gasteiger partial charge in [0.25, 0.3) is 0 Å². The van der Waals surface area contributed by atoms with Gasteiger partial charge in [-0.05, 0) is 47.6 Å². The monoisotopic (exact) mass is 424 g/mol. The highest BCUT2D eigenvalue weighted by molar-refractivity contribution is 7.94. The SMILES string of the molecule is CC(C)(C)OC(=O)NC1=N[C@]2(C)c3cc(N)cnc3OCC[C@H]2S(=O)(=O)C1(C)C. The molecule has 3 rings (SSSR count). The number of hydrogen-bond acceptors (Lipinski definition) is 8. The molecule has 1 aromatic rings. The lowest BCUT2D eigenvalue weighted by Gasteiger charge is -2.44. The Morgan fingerprint density at radius 1 is 1.34 bits per heavy atom. The summed E-state index contributed by atoms with van der Waals surface area (Å²) in [5, 5.41) is 1.70. The first kappa shape index (κ1) is 21.4. The molecule has 1 aromatic heterocycles. The summed E-state index contributed by atoms with van der Waals surface area (Å²) >= 11 is 0. The maximum absolute atomic E-state index is 13.6. The van der Waals surface area contributed by atoms with E-state index in [9.17, 15) is 13.2 Å². The molecule has 0 saturated heterocycles. The van der Waals surface area contributed by atoms with Crippen molar-refractivity contribution in [1.82, 2.24) is 10.3 Å². The molecule has 0 saturated carbocycles. The summed E-state index contributed by atoms with van der Waals surface area (Å²) in [6.45, 7) is 10.1. The minimum Gasteiger partial charge on any atom is -0.477 e. The second kappa shape index (κ2) is 6.58. The molecule has 3 heterocycles. The number of nitrogens with zero attached hydrogens (tertiary/aromatic N) is 2. The van der Waals surface area contributed by atoms with Crippen molar-refractivity contribution in [3.63, 3.8) is 0 Å². The highest BCUT2D eigenvalue weighted by Gasteiger charge is 2.58. The number of fused-ring (bicyclic) bond motifs is 3. The lowest BCUT2D eigenvalue weighted by atomic mass is 9.87. The van der Waals surface area contributed by atoms with Crippen LogP contribution in [0.5, 0.6) is 5.88 Å². The number of hydrogen-bond donors (Lipinski definition) is 2. The molecule has 0 bridgehead atoms. The van der Waals surface area contributed by atoms with Gasteiger partial charge >= 0.3 is 6.09 Å². The van der Waals surface area contributed by atoms with Crippen LogP contribution in [0.2, 0.25) is 0 Å². The van der Waals surface area contributed by atoms with Crippen LogP contribution in [0.15, 0.2) is 17.3 Å². The number of ether oxygens (including phenoxy) is 2. The van der Waals surface area contributed by atoms with Crippen LogP contribution in [-0.2, 0) is 20.1 Å². The number of nitrogens with two attached hydrogens (primary N) is 1. The number of pyridine rings is 1. The van der Waals surface area contributed by atoms with Crippen molar-refractivity contribution < 1.29 is 22.7 Å². The molecule has 3 N–H and O–H groups in total. The Balaban J connectivity index is 2.18. The van der Waals surface area contributed by atoms with Crippen molar-refractivity contribution in [3.05, 3.63) is 17.8 Å². The molecule has 29 heavy (non-hydrogen) atoms. The normalized spacial score (nSPS) is 27.4. The molecule has 1 amide bonds. The van der Waals surface area contributed by atoms with Crippen LogP contribution in [0, 0.1) is 0 Å². The van der Waals surface area contributed by atoms with E-state index in [1.54, 1.807) is 33.8 Å². The highest BCUT2D eigenvalue weighted by Crippen LogP contribution is 2.48. The number of alkyl carbamates (subject to hydrolysis) is 1. The Morgan fingerprint density at radius 2 is 2.00 bits per heavy atom. The lowest BCUT2D eigenvalue weighted by Crippen LogP contribution is -2.61. The quantitative estimate of drug-likeness (QED) is 0.652. The second-order valence-electron chi connectivity index (χ2n) is 9.04. The van der Waals surface area contributed by atoms with E-state index in [2.05, 4.69) is 10.3 Å². The van der Waals surface area contributed by atoms with E-state index >= 15 is 0 Å². The number of nitrogen functional groups attached to an aromatic ring is 1. The highest BCUT2D eigenvalue weighted by atomic mass is 32.2. The van der Waals surface area contributed by atoms with Crippen molar-refractivity contribution in [1.29, 1.82) is 0 Å². The fourth-order valence-corrected chi connectivity index (χ4v) is 5.96. The van der Waals surface area contributed by atoms with Crippen molar-refractivity contribution in [2.24, 2.45) is 4.99 Å². The molecule has 0 aromatic carbocycles. The largest absolute Gasteiger partial charge is 0.477 e. The molecule has 0 unspecified atom stereocenters. The summed E-state index contributed by atoms with van der Waals surface area (Å²) in [7, 11) is -3.79. The number of amides is 1. The molecule has 0 fully saturated rings. The topological polar surface area (TPSA) is 133 Å². The number of carbonyl (C=O) groups excluding carboxylic acids is 1. The molecule has 9 nitrogen and oxygen atoms in total. The van der Waals surface area contributed by atoms with E-state index < -0.39 is 37.1 Å². The number of aromatic nitrogens is 1. The van der Waals surface area contributed by atoms with E-state index in [-0.39, 0.29) is 18.9 Å². The number of sulfone groups is 1. The van der Waals surface area contributed by atoms with Gasteiger partial charge in [0, 0.05) is 12.0 Å². The minimum absolute atomic E-state index is 0.0146. The number of amidine groups is 1. The van der Waals surface area contributed by atoms with Crippen molar-refractivity contribution in [3.8, 4) is 5.88 Å². The number of carbonyl (C=O) groups is 1. The Morgan fingerprint density at radius 3 is 2.62 bits per heavy atom. The predicted octanol–water partition coefficient (Wildman–Crippen LogP) is 2.16. The molecular weight excluding hydrogens is 396 g/mol. The van der Waals surface area contributed by atoms with E-state index in [4.69, 9.17) is 20.2 Å². The van der Waals surface area contributed by atoms with Gasteiger partial charge in [0.2, 0.25) is 5.88 Å². The smallest absolute Gasteiger partial charge is 0.413 e. The van der Waals surface area contributed by atoms with Gasteiger partial charge in [0.15, 0.2) is 9.84 Å². The van der Waals surface area contributed by atoms with Crippen LogP contribution in [-0.4, -0.2) is 47.5 Å². The van der Waals surface area contributed by atoms with Crippen LogP contribution in [0.3, 0.4) is 0 Å². The molecule has 10 heteroatoms. The van der Waals surface area contributed by atoms with Gasteiger partial charge in [0.1, 0.15) is 21.7 Å². The zero-order valence-corrected chi connectivity index (χ0v) is 18.4. The molecule has 2 aliphatic heterocycles. The molecule has 2 atom stereocenters. The Kier molecular flexibility index (Phi) is 4.84. The zero-order chi connectivity index (χ0) is 21.8. The van der Waals surface area contributed by atoms with Crippen molar-refractivity contribution in [2.75, 3.05) is 12.3 Å². The van der Waals surface area contributed by atoms with E-state index in [0.29, 0.717) is 17.1 Å². The number of anilines is 1. The molecule has 0 radical (unpaired) electrons. The van der Waals surface area contributed by atoms with Crippen LogP contribution in [0.1, 0.15) is 53.5 Å². The lowest BCUT2D eigenvalue weighted by molar-refractivity contribution is 0.0560. The van der Waals surface area contributed by atoms with Crippen LogP contribution in [0.25, 0.3) is 0 Å². The third-order valence-corrected chi connectivity index (χ3v) is 8.34. The van der Waals surface area contributed by atoms with Gasteiger partial charge in [-0.2, -0.15) is 0 Å². The first-order chi connectivity index (χ1) is 13.2. The summed E-state index contributed by atoms with van der Waals surface area (Å²) in [5.74, 6) is 0.306. The van der Waals surface area contributed by atoms with Gasteiger partial charge in [0.05, 0.1) is 23.7 Å². The summed E-state index contributed by atoms with van der Waals surface area (Å²) in [6.07, 6.45) is 0.923. The first-order valence-electron chi connectivity index (χ1n) is 9.41. The Bertz CT molecular complexity index is 981. The number of aliphatic imine (C=N–C) groups is 1. The Hall–Kier alpha value is -2.36. The second-order valence-corrected chi connectivity index (χ2v) is 11.7.